The molecule has 2 amide bonds. The summed E-state index contributed by atoms with van der Waals surface area (Å²) < 4.78 is 12.9. The number of rotatable bonds is 3. The number of amides is 2. The maximum atomic E-state index is 12.9. The fourth-order valence-electron chi connectivity index (χ4n) is 2.17. The number of nitrogens with zero attached hydrogens (tertiary/aromatic N) is 1. The molecule has 0 aliphatic carbocycles. The minimum absolute atomic E-state index is 0.0939. The van der Waals surface area contributed by atoms with Gasteiger partial charge in [-0.1, -0.05) is 41.4 Å². The molecule has 0 N–H and O–H groups in total. The second-order valence-electron chi connectivity index (χ2n) is 5.06. The molecule has 1 heterocycles. The number of hydrogen-bond acceptors (Lipinski definition) is 3. The molecule has 0 radical (unpaired) electrons. The minimum atomic E-state index is -0.402. The van der Waals surface area contributed by atoms with Crippen molar-refractivity contribution in [2.75, 3.05) is 0 Å². The summed E-state index contributed by atoms with van der Waals surface area (Å²) in [5, 5.41) is 0.509. The summed E-state index contributed by atoms with van der Waals surface area (Å²) in [5.74, 6) is -0.773. The Morgan fingerprint density at radius 1 is 1.08 bits per heavy atom. The van der Waals surface area contributed by atoms with Crippen LogP contribution in [0.25, 0.3) is 6.08 Å². The molecule has 0 saturated carbocycles. The SMILES string of the molecule is O=C1S/C(=C\c2ccc(Cl)cc2Cl)C(=O)N1Cc1ccc(F)cc1. The zero-order valence-electron chi connectivity index (χ0n) is 12.1. The van der Waals surface area contributed by atoms with E-state index in [0.717, 1.165) is 16.7 Å². The lowest BCUT2D eigenvalue weighted by Gasteiger charge is -2.12. The lowest BCUT2D eigenvalue weighted by molar-refractivity contribution is -0.123. The predicted molar refractivity (Wildman–Crippen MR) is 94.4 cm³/mol. The standard InChI is InChI=1S/C17H10Cl2FNO2S/c18-12-4-3-11(14(19)8-12)7-15-16(22)21(17(23)24-15)9-10-1-5-13(20)6-2-10/h1-8H,9H2/b15-7-. The summed E-state index contributed by atoms with van der Waals surface area (Å²) in [6.07, 6.45) is 1.56. The Morgan fingerprint density at radius 3 is 2.46 bits per heavy atom. The maximum Gasteiger partial charge on any atom is 0.293 e. The quantitative estimate of drug-likeness (QED) is 0.670. The fourth-order valence-corrected chi connectivity index (χ4v) is 3.46. The smallest absolute Gasteiger partial charge is 0.268 e. The van der Waals surface area contributed by atoms with Gasteiger partial charge in [-0.05, 0) is 53.2 Å². The van der Waals surface area contributed by atoms with Gasteiger partial charge in [-0.2, -0.15) is 0 Å². The molecule has 1 fully saturated rings. The number of imide groups is 1. The van der Waals surface area contributed by atoms with Crippen LogP contribution >= 0.6 is 35.0 Å². The van der Waals surface area contributed by atoms with E-state index in [4.69, 9.17) is 23.2 Å². The molecule has 3 nitrogen and oxygen atoms in total. The van der Waals surface area contributed by atoms with E-state index in [9.17, 15) is 14.0 Å². The molecule has 3 rings (SSSR count). The second kappa shape index (κ2) is 6.97. The lowest BCUT2D eigenvalue weighted by Crippen LogP contribution is -2.27. The van der Waals surface area contributed by atoms with E-state index in [1.807, 2.05) is 0 Å². The van der Waals surface area contributed by atoms with Crippen molar-refractivity contribution in [3.8, 4) is 0 Å². The van der Waals surface area contributed by atoms with Crippen molar-refractivity contribution in [1.82, 2.24) is 4.90 Å². The minimum Gasteiger partial charge on any atom is -0.268 e. The number of thioether (sulfide) groups is 1. The molecule has 7 heteroatoms. The molecule has 2 aromatic rings. The molecule has 0 aromatic heterocycles. The van der Waals surface area contributed by atoms with Gasteiger partial charge in [0.1, 0.15) is 5.82 Å². The highest BCUT2D eigenvalue weighted by Gasteiger charge is 2.35. The van der Waals surface area contributed by atoms with Gasteiger partial charge in [0.25, 0.3) is 11.1 Å². The number of halogens is 3. The molecule has 2 aromatic carbocycles. The molecule has 24 heavy (non-hydrogen) atoms. The first kappa shape index (κ1) is 17.0. The fraction of sp³-hybridized carbons (Fsp3) is 0.0588. The largest absolute Gasteiger partial charge is 0.293 e. The average Bonchev–Trinajstić information content (AvgIpc) is 2.80. The van der Waals surface area contributed by atoms with E-state index < -0.39 is 5.91 Å². The Morgan fingerprint density at radius 2 is 1.79 bits per heavy atom. The van der Waals surface area contributed by atoms with Gasteiger partial charge < -0.3 is 0 Å². The Balaban J connectivity index is 1.83. The van der Waals surface area contributed by atoms with E-state index in [1.54, 1.807) is 36.4 Å². The number of carbonyl (C=O) groups is 2. The van der Waals surface area contributed by atoms with Crippen LogP contribution in [-0.4, -0.2) is 16.0 Å². The van der Waals surface area contributed by atoms with Gasteiger partial charge in [0.15, 0.2) is 0 Å². The van der Waals surface area contributed by atoms with E-state index in [-0.39, 0.29) is 22.5 Å². The monoisotopic (exact) mass is 381 g/mol. The van der Waals surface area contributed by atoms with E-state index >= 15 is 0 Å². The van der Waals surface area contributed by atoms with Gasteiger partial charge in [0, 0.05) is 10.0 Å². The van der Waals surface area contributed by atoms with Gasteiger partial charge in [-0.3, -0.25) is 14.5 Å². The highest BCUT2D eigenvalue weighted by molar-refractivity contribution is 8.18. The van der Waals surface area contributed by atoms with Gasteiger partial charge in [-0.15, -0.1) is 0 Å². The first-order chi connectivity index (χ1) is 11.4. The maximum absolute atomic E-state index is 12.9. The van der Waals surface area contributed by atoms with Gasteiger partial charge in [-0.25, -0.2) is 4.39 Å². The van der Waals surface area contributed by atoms with Crippen LogP contribution in [0.4, 0.5) is 9.18 Å². The first-order valence-corrected chi connectivity index (χ1v) is 8.46. The molecule has 0 atom stereocenters. The molecule has 1 aliphatic rings. The van der Waals surface area contributed by atoms with Crippen LogP contribution in [0.3, 0.4) is 0 Å². The number of hydrogen-bond donors (Lipinski definition) is 0. The third-order valence-corrected chi connectivity index (χ3v) is 4.85. The van der Waals surface area contributed by atoms with Crippen molar-refractivity contribution in [2.24, 2.45) is 0 Å². The van der Waals surface area contributed by atoms with E-state index in [0.29, 0.717) is 21.2 Å². The van der Waals surface area contributed by atoms with Crippen LogP contribution in [0.5, 0.6) is 0 Å². The molecule has 0 spiro atoms. The van der Waals surface area contributed by atoms with Crippen molar-refractivity contribution in [3.63, 3.8) is 0 Å². The Bertz CT molecular complexity index is 852. The van der Waals surface area contributed by atoms with Crippen molar-refractivity contribution >= 4 is 52.2 Å². The zero-order chi connectivity index (χ0) is 17.3. The van der Waals surface area contributed by atoms with Crippen LogP contribution in [0.1, 0.15) is 11.1 Å². The third-order valence-electron chi connectivity index (χ3n) is 3.38. The number of benzene rings is 2. The summed E-state index contributed by atoms with van der Waals surface area (Å²) in [5.41, 5.74) is 1.28. The predicted octanol–water partition coefficient (Wildman–Crippen LogP) is 5.37. The van der Waals surface area contributed by atoms with Crippen molar-refractivity contribution in [1.29, 1.82) is 0 Å². The first-order valence-electron chi connectivity index (χ1n) is 6.89. The highest BCUT2D eigenvalue weighted by atomic mass is 35.5. The lowest BCUT2D eigenvalue weighted by atomic mass is 10.2. The molecule has 122 valence electrons. The topological polar surface area (TPSA) is 37.4 Å². The van der Waals surface area contributed by atoms with Crippen LogP contribution < -0.4 is 0 Å². The van der Waals surface area contributed by atoms with E-state index in [1.165, 1.54) is 12.1 Å². The molecular weight excluding hydrogens is 372 g/mol. The van der Waals surface area contributed by atoms with Gasteiger partial charge in [0.2, 0.25) is 0 Å². The molecule has 1 saturated heterocycles. The summed E-state index contributed by atoms with van der Waals surface area (Å²) in [6.45, 7) is 0.0939. The summed E-state index contributed by atoms with van der Waals surface area (Å²) >= 11 is 12.8. The van der Waals surface area contributed by atoms with Gasteiger partial charge in [0.05, 0.1) is 11.4 Å². The molecule has 1 aliphatic heterocycles. The van der Waals surface area contributed by atoms with Crippen molar-refractivity contribution < 1.29 is 14.0 Å². The Labute approximate surface area is 152 Å². The molecular formula is C17H10Cl2FNO2S. The highest BCUT2D eigenvalue weighted by Crippen LogP contribution is 2.34. The van der Waals surface area contributed by atoms with Crippen LogP contribution in [0, 0.1) is 5.82 Å². The zero-order valence-corrected chi connectivity index (χ0v) is 14.5. The molecule has 0 bridgehead atoms. The van der Waals surface area contributed by atoms with Crippen LogP contribution in [0.15, 0.2) is 47.4 Å². The molecule has 0 unspecified atom stereocenters. The summed E-state index contributed by atoms with van der Waals surface area (Å²) in [7, 11) is 0. The van der Waals surface area contributed by atoms with Crippen molar-refractivity contribution in [2.45, 2.75) is 6.54 Å². The van der Waals surface area contributed by atoms with E-state index in [2.05, 4.69) is 0 Å². The number of carbonyl (C=O) groups excluding carboxylic acids is 2. The Kier molecular flexibility index (Phi) is 4.94. The third kappa shape index (κ3) is 3.64. The summed E-state index contributed by atoms with van der Waals surface area (Å²) in [4.78, 5) is 25.9. The van der Waals surface area contributed by atoms with Crippen LogP contribution in [0.2, 0.25) is 10.0 Å². The summed E-state index contributed by atoms with van der Waals surface area (Å²) in [6, 6.07) is 10.6. The van der Waals surface area contributed by atoms with Crippen molar-refractivity contribution in [3.05, 3.63) is 74.4 Å². The Hall–Kier alpha value is -1.82. The second-order valence-corrected chi connectivity index (χ2v) is 6.90. The average molecular weight is 382 g/mol. The normalized spacial score (nSPS) is 16.3. The van der Waals surface area contributed by atoms with Gasteiger partial charge >= 0.3 is 0 Å². The van der Waals surface area contributed by atoms with Crippen LogP contribution in [-0.2, 0) is 11.3 Å².